The molecule has 0 aliphatic heterocycles. The molecule has 1 amide bonds. The first-order valence-electron chi connectivity index (χ1n) is 8.23. The number of carbonyl (C=O) groups is 1. The minimum absolute atomic E-state index is 0.00712. The molecule has 0 atom stereocenters. The summed E-state index contributed by atoms with van der Waals surface area (Å²) in [4.78, 5) is 18.8. The summed E-state index contributed by atoms with van der Waals surface area (Å²) in [5, 5.41) is 2.48. The van der Waals surface area contributed by atoms with Gasteiger partial charge in [-0.2, -0.15) is 0 Å². The lowest BCUT2D eigenvalue weighted by atomic mass is 10.2. The molecule has 140 valence electrons. The highest BCUT2D eigenvalue weighted by Gasteiger charge is 2.18. The van der Waals surface area contributed by atoms with Gasteiger partial charge >= 0.3 is 0 Å². The van der Waals surface area contributed by atoms with E-state index in [2.05, 4.69) is 15.2 Å². The smallest absolute Gasteiger partial charge is 0.257 e. The van der Waals surface area contributed by atoms with Crippen LogP contribution in [0.4, 0.5) is 0 Å². The van der Waals surface area contributed by atoms with Crippen LogP contribution in [0.1, 0.15) is 16.1 Å². The van der Waals surface area contributed by atoms with Crippen LogP contribution in [0.2, 0.25) is 0 Å². The molecule has 3 rings (SSSR count). The number of hydrogen-bond acceptors (Lipinski definition) is 5. The van der Waals surface area contributed by atoms with E-state index >= 15 is 0 Å². The Bertz CT molecular complexity index is 1060. The fourth-order valence-electron chi connectivity index (χ4n) is 2.49. The summed E-state index contributed by atoms with van der Waals surface area (Å²) in [5.41, 5.74) is 5.44. The first-order valence-corrected chi connectivity index (χ1v) is 10.6. The van der Waals surface area contributed by atoms with Crippen molar-refractivity contribution in [2.75, 3.05) is 0 Å². The normalized spacial score (nSPS) is 11.3. The number of hydrazine groups is 1. The highest BCUT2D eigenvalue weighted by molar-refractivity contribution is 7.89. The van der Waals surface area contributed by atoms with E-state index in [0.717, 1.165) is 16.8 Å². The third kappa shape index (κ3) is 4.79. The minimum Gasteiger partial charge on any atom is -0.277 e. The highest BCUT2D eigenvalue weighted by atomic mass is 32.2. The van der Waals surface area contributed by atoms with Crippen LogP contribution in [0.3, 0.4) is 0 Å². The first-order chi connectivity index (χ1) is 12.8. The summed E-state index contributed by atoms with van der Waals surface area (Å²) in [6.07, 6.45) is -0.00712. The van der Waals surface area contributed by atoms with Gasteiger partial charge in [-0.1, -0.05) is 42.5 Å². The Hall–Kier alpha value is -2.55. The van der Waals surface area contributed by atoms with Gasteiger partial charge in [0.1, 0.15) is 5.01 Å². The average molecular weight is 402 g/mol. The van der Waals surface area contributed by atoms with Gasteiger partial charge < -0.3 is 0 Å². The molecule has 0 spiro atoms. The molecule has 3 aromatic rings. The Labute approximate surface area is 162 Å². The SMILES string of the molecule is Cc1ccc(C)c(S(=O)(=O)NNC(=O)Cc2nc(-c3ccccc3)cs2)c1. The van der Waals surface area contributed by atoms with Crippen LogP contribution in [0, 0.1) is 13.8 Å². The van der Waals surface area contributed by atoms with Gasteiger partial charge in [-0.15, -0.1) is 16.2 Å². The van der Waals surface area contributed by atoms with Gasteiger partial charge in [-0.3, -0.25) is 10.2 Å². The van der Waals surface area contributed by atoms with E-state index in [1.165, 1.54) is 11.3 Å². The van der Waals surface area contributed by atoms with Crippen molar-refractivity contribution in [3.8, 4) is 11.3 Å². The standard InChI is InChI=1S/C19H19N3O3S2/c1-13-8-9-14(2)17(10-13)27(24,25)22-21-18(23)11-19-20-16(12-26-19)15-6-4-3-5-7-15/h3-10,12,22H,11H2,1-2H3,(H,21,23). The second-order valence-electron chi connectivity index (χ2n) is 6.09. The number of hydrogen-bond donors (Lipinski definition) is 2. The zero-order chi connectivity index (χ0) is 19.4. The molecule has 2 N–H and O–H groups in total. The van der Waals surface area contributed by atoms with E-state index < -0.39 is 15.9 Å². The number of nitrogens with zero attached hydrogens (tertiary/aromatic N) is 1. The maximum atomic E-state index is 12.4. The van der Waals surface area contributed by atoms with Crippen LogP contribution in [0.15, 0.2) is 58.8 Å². The largest absolute Gasteiger partial charge is 0.277 e. The van der Waals surface area contributed by atoms with Crippen molar-refractivity contribution in [3.63, 3.8) is 0 Å². The Morgan fingerprint density at radius 3 is 2.59 bits per heavy atom. The van der Waals surface area contributed by atoms with E-state index in [1.54, 1.807) is 19.1 Å². The maximum absolute atomic E-state index is 12.4. The van der Waals surface area contributed by atoms with Gasteiger partial charge in [-0.25, -0.2) is 13.4 Å². The lowest BCUT2D eigenvalue weighted by molar-refractivity contribution is -0.120. The average Bonchev–Trinajstić information content (AvgIpc) is 3.11. The molecule has 1 heterocycles. The van der Waals surface area contributed by atoms with E-state index in [9.17, 15) is 13.2 Å². The molecule has 1 aromatic heterocycles. The van der Waals surface area contributed by atoms with E-state index in [-0.39, 0.29) is 11.3 Å². The van der Waals surface area contributed by atoms with Crippen LogP contribution in [-0.4, -0.2) is 19.3 Å². The van der Waals surface area contributed by atoms with E-state index in [4.69, 9.17) is 0 Å². The summed E-state index contributed by atoms with van der Waals surface area (Å²) in [5.74, 6) is -0.474. The van der Waals surface area contributed by atoms with Gasteiger partial charge in [0.05, 0.1) is 17.0 Å². The number of sulfonamides is 1. The van der Waals surface area contributed by atoms with Crippen LogP contribution in [0.25, 0.3) is 11.3 Å². The van der Waals surface area contributed by atoms with Crippen molar-refractivity contribution in [3.05, 3.63) is 70.0 Å². The predicted molar refractivity (Wildman–Crippen MR) is 106 cm³/mol. The summed E-state index contributed by atoms with van der Waals surface area (Å²) in [7, 11) is -3.84. The maximum Gasteiger partial charge on any atom is 0.257 e. The lowest BCUT2D eigenvalue weighted by Gasteiger charge is -2.10. The second kappa shape index (κ2) is 7.99. The molecule has 0 aliphatic carbocycles. The fourth-order valence-corrected chi connectivity index (χ4v) is 4.48. The third-order valence-corrected chi connectivity index (χ3v) is 6.13. The molecule has 0 radical (unpaired) electrons. The predicted octanol–water partition coefficient (Wildman–Crippen LogP) is 2.98. The summed E-state index contributed by atoms with van der Waals surface area (Å²) >= 11 is 1.36. The number of rotatable bonds is 6. The second-order valence-corrected chi connectivity index (χ2v) is 8.69. The number of thiazole rings is 1. The Balaban J connectivity index is 1.63. The molecule has 0 aliphatic rings. The molecule has 0 bridgehead atoms. The molecule has 0 unspecified atom stereocenters. The molecule has 8 heteroatoms. The van der Waals surface area contributed by atoms with Crippen LogP contribution >= 0.6 is 11.3 Å². The Morgan fingerprint density at radius 1 is 1.11 bits per heavy atom. The third-order valence-electron chi connectivity index (χ3n) is 3.89. The van der Waals surface area contributed by atoms with Gasteiger partial charge in [0.25, 0.3) is 10.0 Å². The van der Waals surface area contributed by atoms with Crippen molar-refractivity contribution in [1.82, 2.24) is 15.2 Å². The van der Waals surface area contributed by atoms with Gasteiger partial charge in [0.15, 0.2) is 0 Å². The van der Waals surface area contributed by atoms with Crippen LogP contribution < -0.4 is 10.3 Å². The molecular weight excluding hydrogens is 382 g/mol. The number of benzene rings is 2. The number of nitrogens with one attached hydrogen (secondary N) is 2. The molecule has 2 aromatic carbocycles. The van der Waals surface area contributed by atoms with Crippen molar-refractivity contribution >= 4 is 27.3 Å². The van der Waals surface area contributed by atoms with Crippen molar-refractivity contribution in [2.24, 2.45) is 0 Å². The number of carbonyl (C=O) groups excluding carboxylic acids is 1. The van der Waals surface area contributed by atoms with Crippen LogP contribution in [-0.2, 0) is 21.2 Å². The number of amides is 1. The van der Waals surface area contributed by atoms with Gasteiger partial charge in [0, 0.05) is 10.9 Å². The first kappa shape index (κ1) is 19.2. The van der Waals surface area contributed by atoms with Crippen molar-refractivity contribution in [2.45, 2.75) is 25.2 Å². The van der Waals surface area contributed by atoms with Crippen LogP contribution in [0.5, 0.6) is 0 Å². The topological polar surface area (TPSA) is 88.2 Å². The monoisotopic (exact) mass is 401 g/mol. The molecule has 0 saturated carbocycles. The Kier molecular flexibility index (Phi) is 5.69. The summed E-state index contributed by atoms with van der Waals surface area (Å²) < 4.78 is 24.8. The summed E-state index contributed by atoms with van der Waals surface area (Å²) in [6.45, 7) is 3.51. The molecule has 0 saturated heterocycles. The van der Waals surface area contributed by atoms with E-state index in [0.29, 0.717) is 10.6 Å². The number of aryl methyl sites for hydroxylation is 2. The van der Waals surface area contributed by atoms with Gasteiger partial charge in [0.2, 0.25) is 5.91 Å². The minimum atomic E-state index is -3.84. The number of aromatic nitrogens is 1. The quantitative estimate of drug-likeness (QED) is 0.622. The van der Waals surface area contributed by atoms with E-state index in [1.807, 2.05) is 48.7 Å². The molecule has 0 fully saturated rings. The molecule has 27 heavy (non-hydrogen) atoms. The molecular formula is C19H19N3O3S2. The zero-order valence-electron chi connectivity index (χ0n) is 14.9. The summed E-state index contributed by atoms with van der Waals surface area (Å²) in [6, 6.07) is 14.8. The van der Waals surface area contributed by atoms with Crippen molar-refractivity contribution < 1.29 is 13.2 Å². The lowest BCUT2D eigenvalue weighted by Crippen LogP contribution is -2.42. The molecule has 6 nitrogen and oxygen atoms in total. The fraction of sp³-hybridized carbons (Fsp3) is 0.158. The highest BCUT2D eigenvalue weighted by Crippen LogP contribution is 2.21. The zero-order valence-corrected chi connectivity index (χ0v) is 16.5. The van der Waals surface area contributed by atoms with Crippen molar-refractivity contribution in [1.29, 1.82) is 0 Å². The van der Waals surface area contributed by atoms with Gasteiger partial charge in [-0.05, 0) is 31.0 Å². The Morgan fingerprint density at radius 2 is 1.85 bits per heavy atom.